The van der Waals surface area contributed by atoms with E-state index in [9.17, 15) is 4.79 Å². The van der Waals surface area contributed by atoms with Gasteiger partial charge in [-0.3, -0.25) is 4.79 Å². The first-order chi connectivity index (χ1) is 9.04. The summed E-state index contributed by atoms with van der Waals surface area (Å²) in [5, 5.41) is 3.10. The van der Waals surface area contributed by atoms with Gasteiger partial charge in [0.1, 0.15) is 0 Å². The molecule has 108 valence electrons. The van der Waals surface area contributed by atoms with Gasteiger partial charge in [0.2, 0.25) is 5.91 Å². The van der Waals surface area contributed by atoms with Crippen molar-refractivity contribution in [2.45, 2.75) is 38.5 Å². The number of carbonyl (C=O) groups is 1. The molecule has 3 N–H and O–H groups in total. The zero-order valence-electron chi connectivity index (χ0n) is 11.8. The van der Waals surface area contributed by atoms with Crippen molar-refractivity contribution < 1.29 is 4.79 Å². The number of nitrogens with two attached hydrogens (primary N) is 1. The molecular weight excluding hydrogens is 258 g/mol. The van der Waals surface area contributed by atoms with E-state index >= 15 is 0 Å². The number of likely N-dealkylation sites (tertiary alicyclic amines) is 1. The SMILES string of the molecule is CN1CCCC(CNC(=O)C2(C(N)=S)CCCC2)C1. The Bertz CT molecular complexity index is 353. The third kappa shape index (κ3) is 3.26. The van der Waals surface area contributed by atoms with Gasteiger partial charge in [0.25, 0.3) is 0 Å². The fraction of sp³-hybridized carbons (Fsp3) is 0.857. The van der Waals surface area contributed by atoms with Crippen molar-refractivity contribution in [2.24, 2.45) is 17.1 Å². The Kier molecular flexibility index (Phi) is 4.79. The van der Waals surface area contributed by atoms with Crippen LogP contribution in [0.25, 0.3) is 0 Å². The molecule has 0 bridgehead atoms. The predicted molar refractivity (Wildman–Crippen MR) is 80.9 cm³/mol. The zero-order chi connectivity index (χ0) is 13.9. The Labute approximate surface area is 121 Å². The number of hydrogen-bond acceptors (Lipinski definition) is 3. The largest absolute Gasteiger partial charge is 0.392 e. The average Bonchev–Trinajstić information content (AvgIpc) is 2.86. The molecule has 1 aliphatic heterocycles. The molecule has 1 saturated heterocycles. The second kappa shape index (κ2) is 6.18. The Balaban J connectivity index is 1.88. The summed E-state index contributed by atoms with van der Waals surface area (Å²) in [6.07, 6.45) is 6.16. The van der Waals surface area contributed by atoms with Crippen LogP contribution in [0.4, 0.5) is 0 Å². The van der Waals surface area contributed by atoms with E-state index in [2.05, 4.69) is 17.3 Å². The average molecular weight is 283 g/mol. The maximum absolute atomic E-state index is 12.4. The monoisotopic (exact) mass is 283 g/mol. The van der Waals surface area contributed by atoms with Gasteiger partial charge in [-0.2, -0.15) is 0 Å². The molecule has 0 aromatic rings. The minimum Gasteiger partial charge on any atom is -0.392 e. The lowest BCUT2D eigenvalue weighted by atomic mass is 9.84. The van der Waals surface area contributed by atoms with Crippen LogP contribution >= 0.6 is 12.2 Å². The van der Waals surface area contributed by atoms with Crippen molar-refractivity contribution >= 4 is 23.1 Å². The van der Waals surface area contributed by atoms with E-state index in [1.165, 1.54) is 19.4 Å². The van der Waals surface area contributed by atoms with E-state index in [1.807, 2.05) is 0 Å². The molecule has 1 atom stereocenters. The number of thiocarbonyl (C=S) groups is 1. The Hall–Kier alpha value is -0.680. The number of nitrogens with one attached hydrogen (secondary N) is 1. The van der Waals surface area contributed by atoms with Crippen LogP contribution < -0.4 is 11.1 Å². The molecule has 1 heterocycles. The third-order valence-corrected chi connectivity index (χ3v) is 5.03. The van der Waals surface area contributed by atoms with Gasteiger partial charge in [0, 0.05) is 13.1 Å². The second-order valence-corrected chi connectivity index (χ2v) is 6.57. The Morgan fingerprint density at radius 1 is 1.42 bits per heavy atom. The number of rotatable bonds is 4. The van der Waals surface area contributed by atoms with E-state index in [1.54, 1.807) is 0 Å². The normalized spacial score (nSPS) is 27.1. The van der Waals surface area contributed by atoms with E-state index in [-0.39, 0.29) is 5.91 Å². The molecule has 1 unspecified atom stereocenters. The van der Waals surface area contributed by atoms with Crippen LogP contribution in [0.2, 0.25) is 0 Å². The molecule has 4 nitrogen and oxygen atoms in total. The standard InChI is InChI=1S/C14H25N3OS/c1-17-8-4-5-11(10-17)9-16-13(18)14(12(15)19)6-2-3-7-14/h11H,2-10H2,1H3,(H2,15,19)(H,16,18). The highest BCUT2D eigenvalue weighted by atomic mass is 32.1. The summed E-state index contributed by atoms with van der Waals surface area (Å²) in [6, 6.07) is 0. The molecule has 0 spiro atoms. The van der Waals surface area contributed by atoms with Gasteiger partial charge in [-0.05, 0) is 45.2 Å². The summed E-state index contributed by atoms with van der Waals surface area (Å²) in [6.45, 7) is 3.00. The summed E-state index contributed by atoms with van der Waals surface area (Å²) in [5.74, 6) is 0.623. The van der Waals surface area contributed by atoms with Crippen LogP contribution in [-0.2, 0) is 4.79 Å². The molecule has 2 rings (SSSR count). The number of piperidine rings is 1. The van der Waals surface area contributed by atoms with Crippen molar-refractivity contribution in [1.82, 2.24) is 10.2 Å². The van der Waals surface area contributed by atoms with Crippen molar-refractivity contribution in [3.63, 3.8) is 0 Å². The number of nitrogens with zero attached hydrogens (tertiary/aromatic N) is 1. The molecule has 0 aromatic carbocycles. The minimum atomic E-state index is -0.560. The van der Waals surface area contributed by atoms with E-state index in [0.29, 0.717) is 10.9 Å². The number of hydrogen-bond donors (Lipinski definition) is 2. The molecule has 0 aromatic heterocycles. The lowest BCUT2D eigenvalue weighted by Gasteiger charge is -2.31. The topological polar surface area (TPSA) is 58.4 Å². The molecule has 1 aliphatic carbocycles. The van der Waals surface area contributed by atoms with Gasteiger partial charge in [-0.1, -0.05) is 25.1 Å². The van der Waals surface area contributed by atoms with Gasteiger partial charge in [0.05, 0.1) is 10.4 Å². The third-order valence-electron chi connectivity index (χ3n) is 4.64. The summed E-state index contributed by atoms with van der Waals surface area (Å²) in [7, 11) is 2.14. The van der Waals surface area contributed by atoms with Crippen LogP contribution in [0.15, 0.2) is 0 Å². The zero-order valence-corrected chi connectivity index (χ0v) is 12.6. The molecule has 1 saturated carbocycles. The highest BCUT2D eigenvalue weighted by Crippen LogP contribution is 2.38. The smallest absolute Gasteiger partial charge is 0.233 e. The Morgan fingerprint density at radius 3 is 2.68 bits per heavy atom. The molecular formula is C14H25N3OS. The van der Waals surface area contributed by atoms with Crippen molar-refractivity contribution in [3.05, 3.63) is 0 Å². The lowest BCUT2D eigenvalue weighted by Crippen LogP contribution is -2.49. The molecule has 19 heavy (non-hydrogen) atoms. The van der Waals surface area contributed by atoms with Gasteiger partial charge < -0.3 is 16.0 Å². The van der Waals surface area contributed by atoms with Gasteiger partial charge in [-0.25, -0.2) is 0 Å². The summed E-state index contributed by atoms with van der Waals surface area (Å²) in [4.78, 5) is 15.2. The van der Waals surface area contributed by atoms with Crippen LogP contribution in [0, 0.1) is 11.3 Å². The fourth-order valence-electron chi connectivity index (χ4n) is 3.41. The van der Waals surface area contributed by atoms with E-state index in [0.717, 1.165) is 38.8 Å². The number of carbonyl (C=O) groups excluding carboxylic acids is 1. The first-order valence-electron chi connectivity index (χ1n) is 7.31. The quantitative estimate of drug-likeness (QED) is 0.763. The number of amides is 1. The molecule has 2 fully saturated rings. The lowest BCUT2D eigenvalue weighted by molar-refractivity contribution is -0.127. The summed E-state index contributed by atoms with van der Waals surface area (Å²) >= 11 is 5.14. The second-order valence-electron chi connectivity index (χ2n) is 6.13. The van der Waals surface area contributed by atoms with Crippen molar-refractivity contribution in [2.75, 3.05) is 26.7 Å². The molecule has 5 heteroatoms. The summed E-state index contributed by atoms with van der Waals surface area (Å²) in [5.41, 5.74) is 5.27. The van der Waals surface area contributed by atoms with Crippen LogP contribution in [-0.4, -0.2) is 42.5 Å². The molecule has 0 radical (unpaired) electrons. The van der Waals surface area contributed by atoms with E-state index < -0.39 is 5.41 Å². The highest BCUT2D eigenvalue weighted by molar-refractivity contribution is 7.80. The first-order valence-corrected chi connectivity index (χ1v) is 7.72. The van der Waals surface area contributed by atoms with Crippen LogP contribution in [0.3, 0.4) is 0 Å². The van der Waals surface area contributed by atoms with Gasteiger partial charge in [-0.15, -0.1) is 0 Å². The maximum atomic E-state index is 12.4. The van der Waals surface area contributed by atoms with E-state index in [4.69, 9.17) is 18.0 Å². The minimum absolute atomic E-state index is 0.0609. The van der Waals surface area contributed by atoms with Crippen molar-refractivity contribution in [3.8, 4) is 0 Å². The Morgan fingerprint density at radius 2 is 2.11 bits per heavy atom. The van der Waals surface area contributed by atoms with Gasteiger partial charge in [0.15, 0.2) is 0 Å². The van der Waals surface area contributed by atoms with Crippen molar-refractivity contribution in [1.29, 1.82) is 0 Å². The predicted octanol–water partition coefficient (Wildman–Crippen LogP) is 1.29. The van der Waals surface area contributed by atoms with Crippen LogP contribution in [0.5, 0.6) is 0 Å². The highest BCUT2D eigenvalue weighted by Gasteiger charge is 2.43. The van der Waals surface area contributed by atoms with Gasteiger partial charge >= 0.3 is 0 Å². The summed E-state index contributed by atoms with van der Waals surface area (Å²) < 4.78 is 0. The molecule has 1 amide bonds. The van der Waals surface area contributed by atoms with Crippen LogP contribution in [0.1, 0.15) is 38.5 Å². The molecule has 2 aliphatic rings. The fourth-order valence-corrected chi connectivity index (χ4v) is 3.71. The first kappa shape index (κ1) is 14.7. The maximum Gasteiger partial charge on any atom is 0.233 e.